The van der Waals surface area contributed by atoms with Crippen molar-refractivity contribution in [3.05, 3.63) is 0 Å². The molecule has 27 heteroatoms. The summed E-state index contributed by atoms with van der Waals surface area (Å²) < 4.78 is 8.55. The van der Waals surface area contributed by atoms with Crippen LogP contribution in [0.2, 0.25) is 0 Å². The van der Waals surface area contributed by atoms with Crippen molar-refractivity contribution in [3.8, 4) is 0 Å². The van der Waals surface area contributed by atoms with Crippen molar-refractivity contribution < 1.29 is 281 Å². The number of hydrogen-bond acceptors (Lipinski definition) is 11. The van der Waals surface area contributed by atoms with Gasteiger partial charge in [0.25, 0.3) is 0 Å². The molecule has 0 spiro atoms. The van der Waals surface area contributed by atoms with Gasteiger partial charge >= 0.3 is 177 Å². The van der Waals surface area contributed by atoms with Crippen molar-refractivity contribution in [2.45, 2.75) is 18.4 Å². The number of phosphoric acid groups is 1. The second-order valence-electron chi connectivity index (χ2n) is 2.86. The molecule has 178 valence electrons. The van der Waals surface area contributed by atoms with Gasteiger partial charge in [-0.25, -0.2) is 0 Å². The summed E-state index contributed by atoms with van der Waals surface area (Å²) in [5, 5.41) is 38.9. The van der Waals surface area contributed by atoms with Crippen molar-refractivity contribution >= 4 is 25.7 Å². The number of carboxylic acids is 3. The molecule has 0 atom stereocenters. The van der Waals surface area contributed by atoms with Crippen LogP contribution in [-0.2, 0) is 18.9 Å². The Kier molecular flexibility index (Phi) is 220. The van der Waals surface area contributed by atoms with E-state index in [0.29, 0.717) is 0 Å². The maximum atomic E-state index is 10.1. The molecule has 0 saturated heterocycles. The molecule has 0 bridgehead atoms. The summed E-state index contributed by atoms with van der Waals surface area (Å²) in [4.78, 5) is 55.6. The van der Waals surface area contributed by atoms with Gasteiger partial charge in [-0.15, -0.1) is 0 Å². The van der Waals surface area contributed by atoms with Gasteiger partial charge in [-0.2, -0.15) is 7.82 Å². The molecule has 0 aromatic carbocycles. The third-order valence-corrected chi connectivity index (χ3v) is 1.25. The monoisotopic (exact) mass is 584 g/mol. The zero-order valence-corrected chi connectivity index (χ0v) is 31.8. The second kappa shape index (κ2) is 60.6. The van der Waals surface area contributed by atoms with Crippen LogP contribution < -0.4 is 207 Å². The van der Waals surface area contributed by atoms with Crippen molar-refractivity contribution in [3.63, 3.8) is 0 Å². The number of carbonyl (C=O) groups is 3. The van der Waals surface area contributed by atoms with Crippen molar-refractivity contribution in [2.75, 3.05) is 0 Å². The Morgan fingerprint density at radius 1 is 0.576 bits per heavy atom. The fourth-order valence-corrected chi connectivity index (χ4v) is 0.684. The predicted octanol–water partition coefficient (Wildman–Crippen LogP) is -33.5. The van der Waals surface area contributed by atoms with Crippen LogP contribution in [0.4, 0.5) is 0 Å². The molecule has 0 aliphatic heterocycles. The van der Waals surface area contributed by atoms with E-state index in [0.717, 1.165) is 0 Å². The van der Waals surface area contributed by atoms with Gasteiger partial charge in [0, 0.05) is 24.8 Å². The van der Waals surface area contributed by atoms with Crippen LogP contribution in [0.1, 0.15) is 12.8 Å². The molecular formula is C6H23Na6O20P. The average molecular weight is 584 g/mol. The molecular weight excluding hydrogens is 561 g/mol. The van der Waals surface area contributed by atoms with E-state index >= 15 is 0 Å². The first-order valence-corrected chi connectivity index (χ1v) is 5.30. The molecule has 0 aromatic rings. The predicted molar refractivity (Wildman–Crippen MR) is 69.3 cm³/mol. The van der Waals surface area contributed by atoms with Crippen molar-refractivity contribution in [2.24, 2.45) is 0 Å². The number of aliphatic carboxylic acids is 3. The topological polar surface area (TPSA) is 510 Å². The maximum Gasteiger partial charge on any atom is 1.00 e. The number of carboxylic acid groups (broad SMARTS) is 3. The second-order valence-corrected chi connectivity index (χ2v) is 3.76. The summed E-state index contributed by atoms with van der Waals surface area (Å²) in [5.41, 5.74) is -2.97. The molecule has 0 radical (unpaired) electrons. The number of carbonyl (C=O) groups excluding carboxylic acids is 3. The van der Waals surface area contributed by atoms with E-state index in [4.69, 9.17) is 24.4 Å². The molecule has 0 unspecified atom stereocenters. The first-order chi connectivity index (χ1) is 7.78. The summed E-state index contributed by atoms with van der Waals surface area (Å²) in [6.07, 6.45) is -2.72. The Labute approximate surface area is 319 Å². The molecule has 0 aliphatic rings. The molecule has 0 aliphatic carbocycles. The maximum absolute atomic E-state index is 10.1. The van der Waals surface area contributed by atoms with E-state index in [9.17, 15) is 29.7 Å². The Bertz CT molecular complexity index is 371. The Morgan fingerprint density at radius 3 is 0.758 bits per heavy atom. The minimum absolute atomic E-state index is 0. The third-order valence-electron chi connectivity index (χ3n) is 1.25. The van der Waals surface area contributed by atoms with Gasteiger partial charge in [-0.05, 0) is 0 Å². The van der Waals surface area contributed by atoms with Gasteiger partial charge in [-0.1, -0.05) is 0 Å². The van der Waals surface area contributed by atoms with Crippen LogP contribution in [0, 0.1) is 0 Å². The molecule has 0 heterocycles. The molecule has 0 saturated carbocycles. The van der Waals surface area contributed by atoms with Crippen LogP contribution in [0.15, 0.2) is 0 Å². The van der Waals surface area contributed by atoms with E-state index in [2.05, 4.69) is 0 Å². The third kappa shape index (κ3) is 104. The van der Waals surface area contributed by atoms with E-state index in [1.54, 1.807) is 0 Å². The molecule has 0 aromatic heterocycles. The number of hydrogen-bond donors (Lipinski definition) is 1. The summed E-state index contributed by atoms with van der Waals surface area (Å²) in [7, 11) is -5.39. The molecule has 19 N–H and O–H groups in total. The summed E-state index contributed by atoms with van der Waals surface area (Å²) in [6.45, 7) is 0. The van der Waals surface area contributed by atoms with E-state index in [-0.39, 0.29) is 227 Å². The molecule has 0 fully saturated rings. The first kappa shape index (κ1) is 120. The van der Waals surface area contributed by atoms with Crippen LogP contribution in [-0.4, -0.2) is 77.9 Å². The van der Waals surface area contributed by atoms with E-state index in [1.165, 1.54) is 0 Å². The Hall–Kier alpha value is 4.12. The van der Waals surface area contributed by atoms with E-state index in [1.807, 2.05) is 0 Å². The van der Waals surface area contributed by atoms with Crippen LogP contribution in [0.3, 0.4) is 0 Å². The Morgan fingerprint density at radius 2 is 0.697 bits per heavy atom. The molecule has 20 nitrogen and oxygen atoms in total. The van der Waals surface area contributed by atoms with Gasteiger partial charge < -0.3 is 103 Å². The number of rotatable bonds is 5. The van der Waals surface area contributed by atoms with Gasteiger partial charge in [0.05, 0.1) is 5.97 Å². The zero-order chi connectivity index (χ0) is 15.1. The van der Waals surface area contributed by atoms with Crippen LogP contribution in [0.5, 0.6) is 0 Å². The molecule has 0 amide bonds. The normalized spacial score (nSPS) is 6.06. The minimum atomic E-state index is -5.39. The first-order valence-electron chi connectivity index (χ1n) is 3.84. The zero-order valence-electron chi connectivity index (χ0n) is 18.9. The fourth-order valence-electron chi connectivity index (χ4n) is 0.684. The molecule has 33 heavy (non-hydrogen) atoms. The molecule has 0 rings (SSSR count). The van der Waals surface area contributed by atoms with Gasteiger partial charge in [-0.3, -0.25) is 0 Å². The van der Waals surface area contributed by atoms with Crippen LogP contribution in [0.25, 0.3) is 0 Å². The largest absolute Gasteiger partial charge is 1.00 e. The SMILES string of the molecule is O.O.O.O.O.O.O.O.O.O=C([O-])CC(O)(CC(=O)[O-])C(=O)[O-].O=P([O-])([O-])[O-].[Na+].[Na+].[Na+].[Na+].[Na+].[Na+]. The summed E-state index contributed by atoms with van der Waals surface area (Å²) >= 11 is 0. The van der Waals surface area contributed by atoms with Crippen LogP contribution >= 0.6 is 7.82 Å². The smallest absolute Gasteiger partial charge is 0.822 e. The van der Waals surface area contributed by atoms with Gasteiger partial charge in [0.15, 0.2) is 0 Å². The van der Waals surface area contributed by atoms with Gasteiger partial charge in [0.1, 0.15) is 5.60 Å². The quantitative estimate of drug-likeness (QED) is 0.233. The fraction of sp³-hybridized carbons (Fsp3) is 0.500. The van der Waals surface area contributed by atoms with E-state index < -0.39 is 44.2 Å². The number of aliphatic hydroxyl groups is 1. The summed E-state index contributed by atoms with van der Waals surface area (Å²) in [6, 6.07) is 0. The standard InChI is InChI=1S/C6H8O7.6Na.H3O4P.9H2O/c7-3(8)1-6(13,5(11)12)2-4(9)10;;;;;;;1-5(2,3)4;;;;;;;;;/h13H,1-2H2,(H,7,8)(H,9,10)(H,11,12);;;;;;;(H3,1,2,3,4);9*1H2/q;6*+1;;;;;;;;;;/p-6. The minimum Gasteiger partial charge on any atom is -0.822 e. The Balaban J connectivity index is -0.00000000792. The summed E-state index contributed by atoms with van der Waals surface area (Å²) in [5.74, 6) is -5.98. The van der Waals surface area contributed by atoms with Crippen molar-refractivity contribution in [1.82, 2.24) is 0 Å². The van der Waals surface area contributed by atoms with Crippen molar-refractivity contribution in [1.29, 1.82) is 0 Å². The average Bonchev–Trinajstić information content (AvgIpc) is 1.95. The van der Waals surface area contributed by atoms with Gasteiger partial charge in [0.2, 0.25) is 0 Å².